The minimum Gasteiger partial charge on any atom is -0.324 e. The first-order chi connectivity index (χ1) is 10.7. The summed E-state index contributed by atoms with van der Waals surface area (Å²) in [6.45, 7) is 7.32. The van der Waals surface area contributed by atoms with Crippen molar-refractivity contribution in [3.05, 3.63) is 29.3 Å². The maximum atomic E-state index is 12.5. The van der Waals surface area contributed by atoms with E-state index in [0.29, 0.717) is 26.2 Å². The summed E-state index contributed by atoms with van der Waals surface area (Å²) in [7, 11) is -3.65. The molecule has 1 amide bonds. The Morgan fingerprint density at radius 1 is 1.17 bits per heavy atom. The van der Waals surface area contributed by atoms with Gasteiger partial charge in [-0.3, -0.25) is 9.69 Å². The van der Waals surface area contributed by atoms with E-state index in [1.807, 2.05) is 43.9 Å². The number of nitrogens with one attached hydrogen (secondary N) is 1. The molecule has 8 heteroatoms. The molecule has 0 aromatic heterocycles. The number of para-hydroxylation sites is 1. The molecule has 1 heterocycles. The normalized spacial score (nSPS) is 18.6. The lowest BCUT2D eigenvalue weighted by Crippen LogP contribution is -2.55. The standard InChI is InChI=1S/C15H24N4O3S/c1-11-5-4-6-12(2)14(11)17-15(20)13(3)18-7-9-19(10-8-18)23(16,21)22/h4-6,13H,7-10H2,1-3H3,(H,17,20)(H2,16,21,22). The highest BCUT2D eigenvalue weighted by Gasteiger charge is 2.29. The van der Waals surface area contributed by atoms with Gasteiger partial charge in [0.1, 0.15) is 0 Å². The number of nitrogens with two attached hydrogens (primary N) is 1. The predicted octanol–water partition coefficient (Wildman–Crippen LogP) is 0.452. The van der Waals surface area contributed by atoms with Crippen molar-refractivity contribution in [2.45, 2.75) is 26.8 Å². The Balaban J connectivity index is 1.99. The van der Waals surface area contributed by atoms with Gasteiger partial charge in [-0.1, -0.05) is 18.2 Å². The van der Waals surface area contributed by atoms with Crippen LogP contribution < -0.4 is 10.5 Å². The fourth-order valence-corrected chi connectivity index (χ4v) is 3.42. The zero-order chi connectivity index (χ0) is 17.2. The summed E-state index contributed by atoms with van der Waals surface area (Å²) in [4.78, 5) is 14.4. The number of aryl methyl sites for hydroxylation is 2. The van der Waals surface area contributed by atoms with E-state index in [-0.39, 0.29) is 11.9 Å². The largest absolute Gasteiger partial charge is 0.324 e. The third kappa shape index (κ3) is 4.29. The lowest BCUT2D eigenvalue weighted by atomic mass is 10.1. The Morgan fingerprint density at radius 3 is 2.17 bits per heavy atom. The average Bonchev–Trinajstić information content (AvgIpc) is 2.49. The molecule has 0 aliphatic carbocycles. The Hall–Kier alpha value is -1.48. The van der Waals surface area contributed by atoms with Crippen LogP contribution in [0.2, 0.25) is 0 Å². The van der Waals surface area contributed by atoms with Crippen LogP contribution in [0.25, 0.3) is 0 Å². The molecule has 1 aliphatic rings. The molecule has 0 spiro atoms. The first-order valence-electron chi connectivity index (χ1n) is 7.59. The van der Waals surface area contributed by atoms with Crippen LogP contribution in [0.1, 0.15) is 18.1 Å². The number of anilines is 1. The monoisotopic (exact) mass is 340 g/mol. The van der Waals surface area contributed by atoms with Crippen LogP contribution in [0.15, 0.2) is 18.2 Å². The molecule has 1 fully saturated rings. The molecule has 0 bridgehead atoms. The van der Waals surface area contributed by atoms with Crippen molar-refractivity contribution in [1.82, 2.24) is 9.21 Å². The Kier molecular flexibility index (Phi) is 5.41. The van der Waals surface area contributed by atoms with Gasteiger partial charge in [-0.25, -0.2) is 5.14 Å². The zero-order valence-electron chi connectivity index (χ0n) is 13.7. The van der Waals surface area contributed by atoms with E-state index in [1.165, 1.54) is 4.31 Å². The number of hydrogen-bond donors (Lipinski definition) is 2. The SMILES string of the molecule is Cc1cccc(C)c1NC(=O)C(C)N1CCN(S(N)(=O)=O)CC1. The van der Waals surface area contributed by atoms with E-state index in [2.05, 4.69) is 5.32 Å². The molecule has 0 saturated carbocycles. The number of piperazine rings is 1. The van der Waals surface area contributed by atoms with Crippen molar-refractivity contribution in [2.75, 3.05) is 31.5 Å². The van der Waals surface area contributed by atoms with Crippen LogP contribution in [0.4, 0.5) is 5.69 Å². The Morgan fingerprint density at radius 2 is 1.70 bits per heavy atom. The highest BCUT2D eigenvalue weighted by Crippen LogP contribution is 2.20. The molecule has 3 N–H and O–H groups in total. The summed E-state index contributed by atoms with van der Waals surface area (Å²) in [5, 5.41) is 8.11. The second-order valence-corrected chi connectivity index (χ2v) is 7.46. The molecule has 1 aromatic carbocycles. The summed E-state index contributed by atoms with van der Waals surface area (Å²) < 4.78 is 23.9. The van der Waals surface area contributed by atoms with E-state index in [0.717, 1.165) is 16.8 Å². The Labute approximate surface area is 137 Å². The number of amides is 1. The topological polar surface area (TPSA) is 95.7 Å². The van der Waals surface area contributed by atoms with Gasteiger partial charge in [0.25, 0.3) is 10.2 Å². The first-order valence-corrected chi connectivity index (χ1v) is 9.09. The van der Waals surface area contributed by atoms with E-state index in [1.54, 1.807) is 0 Å². The molecule has 128 valence electrons. The minimum atomic E-state index is -3.65. The van der Waals surface area contributed by atoms with Gasteiger partial charge in [0.2, 0.25) is 5.91 Å². The molecule has 2 rings (SSSR count). The van der Waals surface area contributed by atoms with Crippen LogP contribution in [-0.4, -0.2) is 55.8 Å². The van der Waals surface area contributed by atoms with Gasteiger partial charge in [-0.15, -0.1) is 0 Å². The van der Waals surface area contributed by atoms with Gasteiger partial charge >= 0.3 is 0 Å². The summed E-state index contributed by atoms with van der Waals surface area (Å²) in [5.41, 5.74) is 2.88. The molecule has 1 unspecified atom stereocenters. The molecule has 1 saturated heterocycles. The second kappa shape index (κ2) is 6.96. The fraction of sp³-hybridized carbons (Fsp3) is 0.533. The number of hydrogen-bond acceptors (Lipinski definition) is 4. The van der Waals surface area contributed by atoms with Crippen molar-refractivity contribution in [2.24, 2.45) is 5.14 Å². The lowest BCUT2D eigenvalue weighted by molar-refractivity contribution is -0.121. The second-order valence-electron chi connectivity index (χ2n) is 5.91. The molecule has 1 aromatic rings. The fourth-order valence-electron chi connectivity index (χ4n) is 2.75. The van der Waals surface area contributed by atoms with Crippen LogP contribution in [-0.2, 0) is 15.0 Å². The maximum Gasteiger partial charge on any atom is 0.276 e. The number of benzene rings is 1. The lowest BCUT2D eigenvalue weighted by Gasteiger charge is -2.36. The maximum absolute atomic E-state index is 12.5. The van der Waals surface area contributed by atoms with Gasteiger partial charge in [0.05, 0.1) is 6.04 Å². The van der Waals surface area contributed by atoms with Gasteiger partial charge in [0.15, 0.2) is 0 Å². The Bertz CT molecular complexity index is 662. The number of carbonyl (C=O) groups excluding carboxylic acids is 1. The third-order valence-electron chi connectivity index (χ3n) is 4.29. The van der Waals surface area contributed by atoms with Crippen LogP contribution in [0, 0.1) is 13.8 Å². The molecule has 23 heavy (non-hydrogen) atoms. The van der Waals surface area contributed by atoms with Gasteiger partial charge in [-0.2, -0.15) is 12.7 Å². The van der Waals surface area contributed by atoms with Gasteiger partial charge < -0.3 is 5.32 Å². The summed E-state index contributed by atoms with van der Waals surface area (Å²) >= 11 is 0. The first kappa shape index (κ1) is 17.9. The van der Waals surface area contributed by atoms with E-state index in [4.69, 9.17) is 5.14 Å². The van der Waals surface area contributed by atoms with Crippen LogP contribution >= 0.6 is 0 Å². The van der Waals surface area contributed by atoms with Gasteiger partial charge in [-0.05, 0) is 31.9 Å². The molecule has 1 aliphatic heterocycles. The summed E-state index contributed by atoms with van der Waals surface area (Å²) in [6.07, 6.45) is 0. The molecular weight excluding hydrogens is 316 g/mol. The van der Waals surface area contributed by atoms with E-state index < -0.39 is 10.2 Å². The third-order valence-corrected chi connectivity index (χ3v) is 5.37. The van der Waals surface area contributed by atoms with E-state index >= 15 is 0 Å². The number of rotatable bonds is 4. The quantitative estimate of drug-likeness (QED) is 0.832. The molecular formula is C15H24N4O3S. The highest BCUT2D eigenvalue weighted by molar-refractivity contribution is 7.86. The zero-order valence-corrected chi connectivity index (χ0v) is 14.6. The highest BCUT2D eigenvalue weighted by atomic mass is 32.2. The van der Waals surface area contributed by atoms with Crippen molar-refractivity contribution < 1.29 is 13.2 Å². The molecule has 0 radical (unpaired) electrons. The van der Waals surface area contributed by atoms with Crippen molar-refractivity contribution in [3.63, 3.8) is 0 Å². The predicted molar refractivity (Wildman–Crippen MR) is 90.3 cm³/mol. The summed E-state index contributed by atoms with van der Waals surface area (Å²) in [5.74, 6) is -0.0912. The molecule has 7 nitrogen and oxygen atoms in total. The smallest absolute Gasteiger partial charge is 0.276 e. The van der Waals surface area contributed by atoms with Crippen LogP contribution in [0.3, 0.4) is 0 Å². The number of carbonyl (C=O) groups is 1. The minimum absolute atomic E-state index is 0.0912. The van der Waals surface area contributed by atoms with E-state index in [9.17, 15) is 13.2 Å². The number of nitrogens with zero attached hydrogens (tertiary/aromatic N) is 2. The van der Waals surface area contributed by atoms with Crippen molar-refractivity contribution >= 4 is 21.8 Å². The average molecular weight is 340 g/mol. The van der Waals surface area contributed by atoms with Crippen molar-refractivity contribution in [3.8, 4) is 0 Å². The van der Waals surface area contributed by atoms with Crippen LogP contribution in [0.5, 0.6) is 0 Å². The van der Waals surface area contributed by atoms with Gasteiger partial charge in [0, 0.05) is 31.9 Å². The van der Waals surface area contributed by atoms with Crippen molar-refractivity contribution in [1.29, 1.82) is 0 Å². The molecule has 1 atom stereocenters. The summed E-state index contributed by atoms with van der Waals surface area (Å²) in [6, 6.07) is 5.53.